The molecule has 2 aromatic rings. The Labute approximate surface area is 141 Å². The molecule has 3 rings (SSSR count). The van der Waals surface area contributed by atoms with Crippen LogP contribution in [0, 0.1) is 51.5 Å². The number of nitrogens with zero attached hydrogens (tertiary/aromatic N) is 3. The third-order valence-electron chi connectivity index (χ3n) is 2.89. The smallest absolute Gasteiger partial charge is 0.522 e. The average molecular weight is 499 g/mol. The Bertz CT molecular complexity index is 588. The van der Waals surface area contributed by atoms with Gasteiger partial charge in [-0.25, -0.2) is 4.68 Å². The fourth-order valence-corrected chi connectivity index (χ4v) is 1.82. The van der Waals surface area contributed by atoms with Crippen molar-refractivity contribution in [2.24, 2.45) is 0 Å². The minimum absolute atomic E-state index is 0. The van der Waals surface area contributed by atoms with Crippen LogP contribution in [-0.4, -0.2) is 33.5 Å². The molecular weight excluding hydrogens is 484 g/mol. The van der Waals surface area contributed by atoms with Crippen LogP contribution in [0.1, 0.15) is 17.5 Å². The van der Waals surface area contributed by atoms with Crippen LogP contribution < -0.4 is 4.74 Å². The summed E-state index contributed by atoms with van der Waals surface area (Å²) in [5.41, 5.74) is 2.21. The molecule has 2 unspecified atom stereocenters. The Kier molecular flexibility index (Phi) is 5.78. The molecule has 1 aliphatic heterocycles. The normalized spacial score (nSPS) is 19.8. The van der Waals surface area contributed by atoms with E-state index in [4.69, 9.17) is 9.47 Å². The van der Waals surface area contributed by atoms with E-state index in [0.29, 0.717) is 5.69 Å². The predicted molar refractivity (Wildman–Crippen MR) is 67.7 cm³/mol. The van der Waals surface area contributed by atoms with Crippen molar-refractivity contribution < 1.29 is 45.7 Å². The predicted octanol–water partition coefficient (Wildman–Crippen LogP) is 1.22. The van der Waals surface area contributed by atoms with Crippen molar-refractivity contribution in [3.05, 3.63) is 43.1 Å². The van der Waals surface area contributed by atoms with Gasteiger partial charge < -0.3 is 22.0 Å². The number of ether oxygens (including phenoxy) is 2. The quantitative estimate of drug-likeness (QED) is 0.508. The molecule has 0 radical (unpaired) electrons. The van der Waals surface area contributed by atoms with Gasteiger partial charge in [-0.2, -0.15) is 12.1 Å². The minimum atomic E-state index is -0.761. The molecule has 0 aliphatic carbocycles. The second-order valence-corrected chi connectivity index (χ2v) is 4.03. The molecule has 0 spiro atoms. The number of methoxy groups -OCH3 is 1. The van der Waals surface area contributed by atoms with Crippen molar-refractivity contribution >= 4 is 0 Å². The van der Waals surface area contributed by atoms with Gasteiger partial charge in [-0.3, -0.25) is 0 Å². The van der Waals surface area contributed by atoms with Gasteiger partial charge in [0.15, 0.2) is 12.4 Å². The van der Waals surface area contributed by atoms with E-state index in [9.17, 15) is 5.11 Å². The molecule has 7 heteroatoms. The second-order valence-electron chi connectivity index (χ2n) is 4.03. The molecule has 0 amide bonds. The van der Waals surface area contributed by atoms with Gasteiger partial charge in [-0.15, -0.1) is 17.2 Å². The SMILES string of the molecule is COc1cc[c-]c(-n2nnc(C3OC3O)c2C)c1.[CH3-].[U+2]. The van der Waals surface area contributed by atoms with Crippen LogP contribution in [-0.2, 0) is 4.74 Å². The van der Waals surface area contributed by atoms with Gasteiger partial charge >= 0.3 is 31.1 Å². The fraction of sp³-hybridized carbons (Fsp3) is 0.308. The van der Waals surface area contributed by atoms with Gasteiger partial charge in [0.2, 0.25) is 0 Å². The summed E-state index contributed by atoms with van der Waals surface area (Å²) in [7, 11) is 1.60. The summed E-state index contributed by atoms with van der Waals surface area (Å²) in [6, 6.07) is 8.45. The molecule has 6 nitrogen and oxygen atoms in total. The summed E-state index contributed by atoms with van der Waals surface area (Å²) in [6.45, 7) is 1.87. The molecule has 1 aromatic heterocycles. The first-order valence-corrected chi connectivity index (χ1v) is 5.52. The monoisotopic (exact) mass is 499 g/mol. The molecular formula is C13H15N3O3U. The number of aliphatic hydroxyl groups excluding tert-OH is 1. The molecule has 20 heavy (non-hydrogen) atoms. The van der Waals surface area contributed by atoms with Crippen molar-refractivity contribution in [3.8, 4) is 11.4 Å². The van der Waals surface area contributed by atoms with E-state index in [2.05, 4.69) is 16.4 Å². The molecule has 1 fully saturated rings. The maximum atomic E-state index is 9.24. The van der Waals surface area contributed by atoms with E-state index in [-0.39, 0.29) is 44.6 Å². The van der Waals surface area contributed by atoms with Gasteiger partial charge in [0.05, 0.1) is 12.8 Å². The summed E-state index contributed by atoms with van der Waals surface area (Å²) in [5, 5.41) is 17.3. The topological polar surface area (TPSA) is 72.7 Å². The van der Waals surface area contributed by atoms with E-state index < -0.39 is 6.29 Å². The molecule has 2 heterocycles. The molecule has 1 aromatic carbocycles. The van der Waals surface area contributed by atoms with Gasteiger partial charge in [0.25, 0.3) is 0 Å². The van der Waals surface area contributed by atoms with Crippen LogP contribution in [0.2, 0.25) is 0 Å². The van der Waals surface area contributed by atoms with E-state index in [1.165, 1.54) is 0 Å². The van der Waals surface area contributed by atoms with Crippen LogP contribution in [0.15, 0.2) is 18.2 Å². The zero-order valence-electron chi connectivity index (χ0n) is 11.5. The number of benzene rings is 1. The summed E-state index contributed by atoms with van der Waals surface area (Å²) in [5.74, 6) is 0.725. The molecule has 1 aliphatic rings. The van der Waals surface area contributed by atoms with Crippen molar-refractivity contribution in [3.63, 3.8) is 0 Å². The largest absolute Gasteiger partial charge is 2.00 e. The maximum Gasteiger partial charge on any atom is 2.00 e. The third-order valence-corrected chi connectivity index (χ3v) is 2.89. The number of aromatic nitrogens is 3. The zero-order chi connectivity index (χ0) is 12.7. The fourth-order valence-electron chi connectivity index (χ4n) is 1.82. The van der Waals surface area contributed by atoms with Crippen molar-refractivity contribution in [2.75, 3.05) is 7.11 Å². The summed E-state index contributed by atoms with van der Waals surface area (Å²) in [4.78, 5) is 0. The molecule has 0 saturated carbocycles. The van der Waals surface area contributed by atoms with Gasteiger partial charge in [0.1, 0.15) is 5.69 Å². The Morgan fingerprint density at radius 1 is 1.50 bits per heavy atom. The Morgan fingerprint density at radius 3 is 2.80 bits per heavy atom. The standard InChI is InChI=1S/C12H12N3O3.CH3.U/c1-7-10(11-12(16)18-11)13-14-15(7)8-4-3-5-9(6-8)17-2;;/h3,5-6,11-12,16H,1-2H3;1H3;/q2*-1;+2. The molecule has 2 atom stereocenters. The van der Waals surface area contributed by atoms with Crippen LogP contribution in [0.5, 0.6) is 5.75 Å². The maximum absolute atomic E-state index is 9.24. The summed E-state index contributed by atoms with van der Waals surface area (Å²) < 4.78 is 11.8. The number of rotatable bonds is 3. The van der Waals surface area contributed by atoms with E-state index in [1.54, 1.807) is 17.9 Å². The van der Waals surface area contributed by atoms with Crippen LogP contribution in [0.25, 0.3) is 5.69 Å². The second kappa shape index (κ2) is 6.72. The van der Waals surface area contributed by atoms with E-state index in [1.807, 2.05) is 19.1 Å². The minimum Gasteiger partial charge on any atom is -0.522 e. The number of hydrogen-bond acceptors (Lipinski definition) is 5. The van der Waals surface area contributed by atoms with Gasteiger partial charge in [-0.05, 0) is 12.6 Å². The first-order chi connectivity index (χ1) is 8.70. The molecule has 0 bridgehead atoms. The number of aliphatic hydroxyl groups is 1. The summed E-state index contributed by atoms with van der Waals surface area (Å²) >= 11 is 0. The average Bonchev–Trinajstić information content (AvgIpc) is 2.98. The van der Waals surface area contributed by atoms with Crippen molar-refractivity contribution in [2.45, 2.75) is 19.3 Å². The first kappa shape index (κ1) is 17.2. The Balaban J connectivity index is 0.000001000. The third kappa shape index (κ3) is 3.07. The van der Waals surface area contributed by atoms with Crippen LogP contribution in [0.3, 0.4) is 0 Å². The summed E-state index contributed by atoms with van der Waals surface area (Å²) in [6.07, 6.45) is -1.12. The van der Waals surface area contributed by atoms with Gasteiger partial charge in [0, 0.05) is 5.75 Å². The molecule has 1 saturated heterocycles. The molecule has 1 N–H and O–H groups in total. The van der Waals surface area contributed by atoms with Crippen LogP contribution in [0.4, 0.5) is 0 Å². The molecule has 104 valence electrons. The van der Waals surface area contributed by atoms with Crippen molar-refractivity contribution in [1.82, 2.24) is 15.0 Å². The van der Waals surface area contributed by atoms with E-state index in [0.717, 1.165) is 17.1 Å². The Morgan fingerprint density at radius 2 is 2.20 bits per heavy atom. The zero-order valence-corrected chi connectivity index (χ0v) is 15.7. The van der Waals surface area contributed by atoms with E-state index >= 15 is 0 Å². The first-order valence-electron chi connectivity index (χ1n) is 5.52. The number of epoxide rings is 1. The van der Waals surface area contributed by atoms with Gasteiger partial charge in [-0.1, -0.05) is 5.21 Å². The van der Waals surface area contributed by atoms with Crippen LogP contribution >= 0.6 is 0 Å². The number of hydrogen-bond donors (Lipinski definition) is 1. The van der Waals surface area contributed by atoms with Crippen molar-refractivity contribution in [1.29, 1.82) is 0 Å². The Hall–Kier alpha value is -0.868.